The molecule has 0 N–H and O–H groups in total. The summed E-state index contributed by atoms with van der Waals surface area (Å²) in [5.41, 5.74) is 2.47. The van der Waals surface area contributed by atoms with Crippen LogP contribution in [0.1, 0.15) is 69.8 Å². The monoisotopic (exact) mass is 317 g/mol. The molecule has 1 aliphatic carbocycles. The summed E-state index contributed by atoms with van der Waals surface area (Å²) in [4.78, 5) is 0. The molecular weight excluding hydrogens is 287 g/mol. The second-order valence-electron chi connectivity index (χ2n) is 7.49. The van der Waals surface area contributed by atoms with Gasteiger partial charge in [0.2, 0.25) is 0 Å². The molecule has 1 heterocycles. The molecule has 0 aromatic heterocycles. The lowest BCUT2D eigenvalue weighted by molar-refractivity contribution is 0.332. The molecule has 1 aromatic carbocycles. The zero-order valence-electron chi connectivity index (χ0n) is 14.0. The van der Waals surface area contributed by atoms with E-state index < -0.39 is 0 Å². The van der Waals surface area contributed by atoms with Crippen molar-refractivity contribution in [1.82, 2.24) is 0 Å². The van der Waals surface area contributed by atoms with Gasteiger partial charge in [-0.05, 0) is 47.9 Å². The van der Waals surface area contributed by atoms with Crippen molar-refractivity contribution in [2.45, 2.75) is 81.8 Å². The van der Waals surface area contributed by atoms with Crippen molar-refractivity contribution in [1.29, 1.82) is 0 Å². The van der Waals surface area contributed by atoms with E-state index >= 15 is 0 Å². The zero-order chi connectivity index (χ0) is 15.4. The summed E-state index contributed by atoms with van der Waals surface area (Å²) in [5, 5.41) is 0. The van der Waals surface area contributed by atoms with Gasteiger partial charge in [-0.15, -0.1) is 0 Å². The first-order valence-electron chi connectivity index (χ1n) is 9.36. The molecule has 22 heavy (non-hydrogen) atoms. The van der Waals surface area contributed by atoms with Gasteiger partial charge in [-0.25, -0.2) is 4.39 Å². The van der Waals surface area contributed by atoms with Crippen LogP contribution in [0.25, 0.3) is 0 Å². The van der Waals surface area contributed by atoms with Crippen LogP contribution in [-0.2, 0) is 0 Å². The van der Waals surface area contributed by atoms with Crippen LogP contribution in [0.3, 0.4) is 0 Å². The van der Waals surface area contributed by atoms with Crippen LogP contribution in [0.5, 0.6) is 0 Å². The highest BCUT2D eigenvalue weighted by molar-refractivity contribution is 6.60. The average Bonchev–Trinajstić information content (AvgIpc) is 2.57. The first-order chi connectivity index (χ1) is 10.8. The number of rotatable bonds is 4. The van der Waals surface area contributed by atoms with Gasteiger partial charge in [0, 0.05) is 0 Å². The van der Waals surface area contributed by atoms with Gasteiger partial charge in [0.1, 0.15) is 5.82 Å². The lowest BCUT2D eigenvalue weighted by Gasteiger charge is -2.37. The molecule has 0 nitrogen and oxygen atoms in total. The molecule has 2 aliphatic rings. The van der Waals surface area contributed by atoms with Crippen LogP contribution in [-0.4, -0.2) is 8.80 Å². The molecule has 0 bridgehead atoms. The van der Waals surface area contributed by atoms with Crippen molar-refractivity contribution in [2.24, 2.45) is 5.92 Å². The summed E-state index contributed by atoms with van der Waals surface area (Å²) in [5.74, 6) is 1.64. The van der Waals surface area contributed by atoms with E-state index in [0.717, 1.165) is 11.5 Å². The van der Waals surface area contributed by atoms with Gasteiger partial charge in [-0.3, -0.25) is 0 Å². The van der Waals surface area contributed by atoms with Crippen LogP contribution >= 0.6 is 0 Å². The SMILES string of the molecule is CCCC1CCC([Si]2CCC(c3ccc(F)cc3)CC2)CC1. The molecule has 0 atom stereocenters. The van der Waals surface area contributed by atoms with Gasteiger partial charge in [-0.1, -0.05) is 69.7 Å². The molecular formula is C20H30FSi. The van der Waals surface area contributed by atoms with Gasteiger partial charge in [0.05, 0.1) is 8.80 Å². The Morgan fingerprint density at radius 2 is 1.59 bits per heavy atom. The van der Waals surface area contributed by atoms with E-state index in [4.69, 9.17) is 0 Å². The second-order valence-corrected chi connectivity index (χ2v) is 10.6. The molecule has 0 spiro atoms. The van der Waals surface area contributed by atoms with Crippen LogP contribution in [0.15, 0.2) is 24.3 Å². The third-order valence-corrected chi connectivity index (χ3v) is 9.68. The Hall–Kier alpha value is -0.633. The van der Waals surface area contributed by atoms with Gasteiger partial charge >= 0.3 is 0 Å². The molecule has 1 aliphatic heterocycles. The van der Waals surface area contributed by atoms with E-state index in [1.165, 1.54) is 69.0 Å². The first kappa shape index (κ1) is 16.2. The minimum Gasteiger partial charge on any atom is -0.207 e. The minimum absolute atomic E-state index is 0.104. The predicted molar refractivity (Wildman–Crippen MR) is 94.4 cm³/mol. The number of hydrogen-bond acceptors (Lipinski definition) is 0. The van der Waals surface area contributed by atoms with Crippen molar-refractivity contribution in [3.63, 3.8) is 0 Å². The van der Waals surface area contributed by atoms with E-state index in [2.05, 4.69) is 6.92 Å². The lowest BCUT2D eigenvalue weighted by atomic mass is 9.86. The normalized spacial score (nSPS) is 27.9. The molecule has 121 valence electrons. The van der Waals surface area contributed by atoms with Gasteiger partial charge < -0.3 is 0 Å². The molecule has 3 rings (SSSR count). The van der Waals surface area contributed by atoms with E-state index in [-0.39, 0.29) is 14.6 Å². The first-order valence-corrected chi connectivity index (χ1v) is 11.4. The third kappa shape index (κ3) is 4.01. The maximum absolute atomic E-state index is 13.1. The number of hydrogen-bond donors (Lipinski definition) is 0. The highest BCUT2D eigenvalue weighted by Gasteiger charge is 2.32. The Morgan fingerprint density at radius 3 is 2.18 bits per heavy atom. The largest absolute Gasteiger partial charge is 0.207 e. The Morgan fingerprint density at radius 1 is 0.955 bits per heavy atom. The molecule has 0 amide bonds. The Kier molecular flexibility index (Phi) is 5.73. The Bertz CT molecular complexity index is 439. The van der Waals surface area contributed by atoms with Crippen LogP contribution in [0.2, 0.25) is 17.6 Å². The molecule has 0 unspecified atom stereocenters. The summed E-state index contributed by atoms with van der Waals surface area (Å²) >= 11 is 0. The summed E-state index contributed by atoms with van der Waals surface area (Å²) in [6, 6.07) is 10.3. The summed E-state index contributed by atoms with van der Waals surface area (Å²) in [6.07, 6.45) is 11.6. The Labute approximate surface area is 137 Å². The van der Waals surface area contributed by atoms with E-state index in [1.54, 1.807) is 12.1 Å². The van der Waals surface area contributed by atoms with Gasteiger partial charge in [0.25, 0.3) is 0 Å². The maximum atomic E-state index is 13.1. The summed E-state index contributed by atoms with van der Waals surface area (Å²) < 4.78 is 13.1. The van der Waals surface area contributed by atoms with Crippen LogP contribution < -0.4 is 0 Å². The molecule has 2 fully saturated rings. The molecule has 1 saturated carbocycles. The van der Waals surface area contributed by atoms with Gasteiger partial charge in [0.15, 0.2) is 0 Å². The van der Waals surface area contributed by atoms with Crippen molar-refractivity contribution in [3.05, 3.63) is 35.6 Å². The topological polar surface area (TPSA) is 0 Å². The lowest BCUT2D eigenvalue weighted by Crippen LogP contribution is -2.29. The fourth-order valence-corrected chi connectivity index (χ4v) is 8.39. The second kappa shape index (κ2) is 7.76. The summed E-state index contributed by atoms with van der Waals surface area (Å²) in [7, 11) is -0.108. The zero-order valence-corrected chi connectivity index (χ0v) is 15.0. The highest BCUT2D eigenvalue weighted by atomic mass is 28.3. The smallest absolute Gasteiger partial charge is 0.123 e. The maximum Gasteiger partial charge on any atom is 0.123 e. The van der Waals surface area contributed by atoms with Gasteiger partial charge in [-0.2, -0.15) is 0 Å². The van der Waals surface area contributed by atoms with Crippen LogP contribution in [0, 0.1) is 11.7 Å². The quantitative estimate of drug-likeness (QED) is 0.552. The van der Waals surface area contributed by atoms with E-state index in [9.17, 15) is 4.39 Å². The standard InChI is InChI=1S/C20H30FSi/c1-2-3-16-4-10-20(11-5-16)22-14-12-18(13-15-22)17-6-8-19(21)9-7-17/h6-9,16,18,20H,2-5,10-15H2,1H3. The Balaban J connectivity index is 1.47. The third-order valence-electron chi connectivity index (χ3n) is 6.09. The fourth-order valence-electron chi connectivity index (χ4n) is 4.73. The van der Waals surface area contributed by atoms with Crippen molar-refractivity contribution >= 4 is 8.80 Å². The molecule has 1 radical (unpaired) electrons. The highest BCUT2D eigenvalue weighted by Crippen LogP contribution is 2.43. The van der Waals surface area contributed by atoms with Crippen LogP contribution in [0.4, 0.5) is 4.39 Å². The summed E-state index contributed by atoms with van der Waals surface area (Å²) in [6.45, 7) is 2.33. The van der Waals surface area contributed by atoms with E-state index in [0.29, 0.717) is 5.92 Å². The molecule has 1 saturated heterocycles. The predicted octanol–water partition coefficient (Wildman–Crippen LogP) is 6.56. The average molecular weight is 318 g/mol. The van der Waals surface area contributed by atoms with Crippen molar-refractivity contribution < 1.29 is 4.39 Å². The molecule has 2 heteroatoms. The molecule has 1 aromatic rings. The number of benzene rings is 1. The van der Waals surface area contributed by atoms with Crippen molar-refractivity contribution in [2.75, 3.05) is 0 Å². The number of halogens is 1. The minimum atomic E-state index is -0.108. The van der Waals surface area contributed by atoms with Crippen molar-refractivity contribution in [3.8, 4) is 0 Å². The fraction of sp³-hybridized carbons (Fsp3) is 0.700. The van der Waals surface area contributed by atoms with E-state index in [1.807, 2.05) is 12.1 Å².